The van der Waals surface area contributed by atoms with Gasteiger partial charge < -0.3 is 16.0 Å². The lowest BCUT2D eigenvalue weighted by Crippen LogP contribution is -2.57. The standard InChI is InChI=1S/C13H25N3O2/c1-3-9-16(10-11(17)15-2)12(18)13(14)7-5-4-6-8-13/h3-10,14H2,1-2H3,(H,15,17). The summed E-state index contributed by atoms with van der Waals surface area (Å²) in [6.07, 6.45) is 5.46. The minimum Gasteiger partial charge on any atom is -0.358 e. The Labute approximate surface area is 109 Å². The van der Waals surface area contributed by atoms with Crippen LogP contribution >= 0.6 is 0 Å². The first-order chi connectivity index (χ1) is 8.53. The predicted octanol–water partition coefficient (Wildman–Crippen LogP) is 0.633. The number of rotatable bonds is 5. The normalized spacial score (nSPS) is 18.2. The maximum Gasteiger partial charge on any atom is 0.243 e. The molecular formula is C13H25N3O2. The Bertz CT molecular complexity index is 299. The summed E-state index contributed by atoms with van der Waals surface area (Å²) in [5, 5.41) is 2.55. The zero-order valence-electron chi connectivity index (χ0n) is 11.5. The van der Waals surface area contributed by atoms with Crippen LogP contribution in [-0.2, 0) is 9.59 Å². The Morgan fingerprint density at radius 2 is 1.89 bits per heavy atom. The van der Waals surface area contributed by atoms with E-state index in [0.29, 0.717) is 6.54 Å². The monoisotopic (exact) mass is 255 g/mol. The van der Waals surface area contributed by atoms with Crippen molar-refractivity contribution in [2.75, 3.05) is 20.1 Å². The van der Waals surface area contributed by atoms with Gasteiger partial charge in [-0.05, 0) is 19.3 Å². The molecule has 18 heavy (non-hydrogen) atoms. The summed E-state index contributed by atoms with van der Waals surface area (Å²) in [7, 11) is 1.58. The maximum atomic E-state index is 12.5. The first-order valence-corrected chi connectivity index (χ1v) is 6.82. The van der Waals surface area contributed by atoms with Crippen LogP contribution in [0.4, 0.5) is 0 Å². The van der Waals surface area contributed by atoms with E-state index in [0.717, 1.165) is 38.5 Å². The van der Waals surface area contributed by atoms with Crippen molar-refractivity contribution in [2.24, 2.45) is 5.73 Å². The molecule has 1 aliphatic carbocycles. The van der Waals surface area contributed by atoms with E-state index < -0.39 is 5.54 Å². The van der Waals surface area contributed by atoms with Crippen LogP contribution in [-0.4, -0.2) is 42.4 Å². The number of likely N-dealkylation sites (N-methyl/N-ethyl adjacent to an activating group) is 1. The molecule has 104 valence electrons. The van der Waals surface area contributed by atoms with Crippen molar-refractivity contribution in [2.45, 2.75) is 51.0 Å². The highest BCUT2D eigenvalue weighted by Crippen LogP contribution is 2.27. The van der Waals surface area contributed by atoms with Gasteiger partial charge in [0.2, 0.25) is 11.8 Å². The van der Waals surface area contributed by atoms with Crippen molar-refractivity contribution in [3.05, 3.63) is 0 Å². The van der Waals surface area contributed by atoms with Crippen LogP contribution < -0.4 is 11.1 Å². The first-order valence-electron chi connectivity index (χ1n) is 6.82. The van der Waals surface area contributed by atoms with Crippen molar-refractivity contribution >= 4 is 11.8 Å². The average Bonchev–Trinajstić information content (AvgIpc) is 2.38. The van der Waals surface area contributed by atoms with E-state index in [2.05, 4.69) is 5.32 Å². The molecule has 1 fully saturated rings. The Hall–Kier alpha value is -1.10. The van der Waals surface area contributed by atoms with Gasteiger partial charge in [0.1, 0.15) is 0 Å². The highest BCUT2D eigenvalue weighted by Gasteiger charge is 2.38. The van der Waals surface area contributed by atoms with Gasteiger partial charge in [0.15, 0.2) is 0 Å². The third-order valence-corrected chi connectivity index (χ3v) is 3.57. The molecule has 1 rings (SSSR count). The van der Waals surface area contributed by atoms with E-state index >= 15 is 0 Å². The highest BCUT2D eigenvalue weighted by atomic mass is 16.2. The molecule has 0 atom stereocenters. The third kappa shape index (κ3) is 3.70. The second-order valence-corrected chi connectivity index (χ2v) is 5.12. The van der Waals surface area contributed by atoms with Gasteiger partial charge in [-0.1, -0.05) is 26.2 Å². The van der Waals surface area contributed by atoms with Crippen LogP contribution in [0.2, 0.25) is 0 Å². The molecule has 5 heteroatoms. The van der Waals surface area contributed by atoms with Crippen molar-refractivity contribution in [1.29, 1.82) is 0 Å². The summed E-state index contributed by atoms with van der Waals surface area (Å²) < 4.78 is 0. The molecule has 2 amide bonds. The lowest BCUT2D eigenvalue weighted by atomic mass is 9.81. The van der Waals surface area contributed by atoms with Gasteiger partial charge in [-0.15, -0.1) is 0 Å². The number of carbonyl (C=O) groups is 2. The number of nitrogens with one attached hydrogen (secondary N) is 1. The molecule has 0 saturated heterocycles. The minimum atomic E-state index is -0.749. The van der Waals surface area contributed by atoms with Gasteiger partial charge in [0, 0.05) is 13.6 Å². The number of hydrogen-bond donors (Lipinski definition) is 2. The van der Waals surface area contributed by atoms with Crippen molar-refractivity contribution in [3.8, 4) is 0 Å². The quantitative estimate of drug-likeness (QED) is 0.756. The number of nitrogens with two attached hydrogens (primary N) is 1. The summed E-state index contributed by atoms with van der Waals surface area (Å²) >= 11 is 0. The fraction of sp³-hybridized carbons (Fsp3) is 0.846. The van der Waals surface area contributed by atoms with Crippen LogP contribution in [0.1, 0.15) is 45.4 Å². The molecule has 1 aliphatic rings. The van der Waals surface area contributed by atoms with E-state index in [1.807, 2.05) is 6.92 Å². The summed E-state index contributed by atoms with van der Waals surface area (Å²) in [4.78, 5) is 25.5. The fourth-order valence-corrected chi connectivity index (χ4v) is 2.49. The largest absolute Gasteiger partial charge is 0.358 e. The zero-order valence-corrected chi connectivity index (χ0v) is 11.5. The Morgan fingerprint density at radius 3 is 2.39 bits per heavy atom. The smallest absolute Gasteiger partial charge is 0.243 e. The van der Waals surface area contributed by atoms with E-state index in [4.69, 9.17) is 5.73 Å². The van der Waals surface area contributed by atoms with Gasteiger partial charge in [-0.3, -0.25) is 9.59 Å². The molecule has 0 spiro atoms. The number of carbonyl (C=O) groups excluding carboxylic acids is 2. The van der Waals surface area contributed by atoms with Crippen LogP contribution in [0.25, 0.3) is 0 Å². The van der Waals surface area contributed by atoms with Crippen molar-refractivity contribution in [3.63, 3.8) is 0 Å². The van der Waals surface area contributed by atoms with Gasteiger partial charge >= 0.3 is 0 Å². The molecule has 0 bridgehead atoms. The van der Waals surface area contributed by atoms with E-state index in [9.17, 15) is 9.59 Å². The fourth-order valence-electron chi connectivity index (χ4n) is 2.49. The first kappa shape index (κ1) is 15.0. The van der Waals surface area contributed by atoms with Crippen LogP contribution in [0.3, 0.4) is 0 Å². The van der Waals surface area contributed by atoms with Crippen molar-refractivity contribution in [1.82, 2.24) is 10.2 Å². The topological polar surface area (TPSA) is 75.4 Å². The van der Waals surface area contributed by atoms with Crippen LogP contribution in [0.15, 0.2) is 0 Å². The van der Waals surface area contributed by atoms with Gasteiger partial charge in [-0.2, -0.15) is 0 Å². The summed E-state index contributed by atoms with van der Waals surface area (Å²) in [6, 6.07) is 0. The second-order valence-electron chi connectivity index (χ2n) is 5.12. The molecule has 0 radical (unpaired) electrons. The number of amides is 2. The molecule has 5 nitrogen and oxygen atoms in total. The van der Waals surface area contributed by atoms with Crippen LogP contribution in [0, 0.1) is 0 Å². The molecule has 0 aromatic heterocycles. The molecule has 0 unspecified atom stereocenters. The van der Waals surface area contributed by atoms with Crippen molar-refractivity contribution < 1.29 is 9.59 Å². The lowest BCUT2D eigenvalue weighted by molar-refractivity contribution is -0.141. The molecule has 0 heterocycles. The predicted molar refractivity (Wildman–Crippen MR) is 70.9 cm³/mol. The van der Waals surface area contributed by atoms with Gasteiger partial charge in [0.05, 0.1) is 12.1 Å². The molecule has 3 N–H and O–H groups in total. The van der Waals surface area contributed by atoms with Crippen LogP contribution in [0.5, 0.6) is 0 Å². The lowest BCUT2D eigenvalue weighted by Gasteiger charge is -2.36. The Morgan fingerprint density at radius 1 is 1.28 bits per heavy atom. The third-order valence-electron chi connectivity index (χ3n) is 3.57. The Kier molecular flexibility index (Phi) is 5.59. The molecule has 0 aromatic carbocycles. The SMILES string of the molecule is CCCN(CC(=O)NC)C(=O)C1(N)CCCCC1. The van der Waals surface area contributed by atoms with E-state index in [1.165, 1.54) is 0 Å². The zero-order chi connectivity index (χ0) is 13.6. The molecule has 1 saturated carbocycles. The summed E-state index contributed by atoms with van der Waals surface area (Å²) in [5.41, 5.74) is 5.48. The maximum absolute atomic E-state index is 12.5. The van der Waals surface area contributed by atoms with E-state index in [1.54, 1.807) is 11.9 Å². The minimum absolute atomic E-state index is 0.0624. The molecule has 0 aromatic rings. The second kappa shape index (κ2) is 6.73. The van der Waals surface area contributed by atoms with Gasteiger partial charge in [0.25, 0.3) is 0 Å². The highest BCUT2D eigenvalue weighted by molar-refractivity contribution is 5.90. The Balaban J connectivity index is 2.71. The average molecular weight is 255 g/mol. The molecule has 0 aliphatic heterocycles. The summed E-state index contributed by atoms with van der Waals surface area (Å²) in [6.45, 7) is 2.70. The number of hydrogen-bond acceptors (Lipinski definition) is 3. The number of nitrogens with zero attached hydrogens (tertiary/aromatic N) is 1. The van der Waals surface area contributed by atoms with E-state index in [-0.39, 0.29) is 18.4 Å². The molecular weight excluding hydrogens is 230 g/mol. The van der Waals surface area contributed by atoms with Gasteiger partial charge in [-0.25, -0.2) is 0 Å². The summed E-state index contributed by atoms with van der Waals surface area (Å²) in [5.74, 6) is -0.205.